The summed E-state index contributed by atoms with van der Waals surface area (Å²) in [6.45, 7) is 2.39. The number of sulfonamides is 1. The van der Waals surface area contributed by atoms with Crippen LogP contribution in [0.1, 0.15) is 43.7 Å². The average molecular weight is 418 g/mol. The molecule has 4 nitrogen and oxygen atoms in total. The molecule has 2 aromatic rings. The van der Waals surface area contributed by atoms with Gasteiger partial charge >= 0.3 is 0 Å². The van der Waals surface area contributed by atoms with Gasteiger partial charge in [-0.2, -0.15) is 4.31 Å². The highest BCUT2D eigenvalue weighted by Gasteiger charge is 2.51. The second-order valence-corrected chi connectivity index (χ2v) is 9.62. The fourth-order valence-corrected chi connectivity index (χ4v) is 6.27. The van der Waals surface area contributed by atoms with Gasteiger partial charge in [-0.25, -0.2) is 8.42 Å². The quantitative estimate of drug-likeness (QED) is 0.653. The lowest BCUT2D eigenvalue weighted by molar-refractivity contribution is -0.118. The summed E-state index contributed by atoms with van der Waals surface area (Å²) in [6.07, 6.45) is 4.07. The van der Waals surface area contributed by atoms with Gasteiger partial charge < -0.3 is 0 Å². The van der Waals surface area contributed by atoms with Crippen molar-refractivity contribution in [1.82, 2.24) is 4.31 Å². The van der Waals surface area contributed by atoms with E-state index in [4.69, 9.17) is 0 Å². The minimum Gasteiger partial charge on any atom is -0.285 e. The summed E-state index contributed by atoms with van der Waals surface area (Å²) in [5.41, 5.74) is 1.21. The summed E-state index contributed by atoms with van der Waals surface area (Å²) in [5.74, 6) is 0. The van der Waals surface area contributed by atoms with E-state index >= 15 is 0 Å². The fourth-order valence-electron chi connectivity index (χ4n) is 4.03. The molecule has 0 N–H and O–H groups in total. The van der Waals surface area contributed by atoms with Crippen LogP contribution in [0.15, 0.2) is 59.5 Å². The molecule has 0 aliphatic carbocycles. The van der Waals surface area contributed by atoms with Crippen molar-refractivity contribution in [2.45, 2.75) is 55.9 Å². The molecule has 1 atom stereocenters. The average Bonchev–Trinajstić information content (AvgIpc) is 3.15. The van der Waals surface area contributed by atoms with E-state index in [-0.39, 0.29) is 10.0 Å². The summed E-state index contributed by atoms with van der Waals surface area (Å²) >= 11 is 4.13. The Balaban J connectivity index is 1.84. The third kappa shape index (κ3) is 4.19. The predicted octanol–water partition coefficient (Wildman–Crippen LogP) is 4.25. The van der Waals surface area contributed by atoms with Crippen LogP contribution in [0.5, 0.6) is 0 Å². The maximum atomic E-state index is 13.3. The number of benzene rings is 2. The summed E-state index contributed by atoms with van der Waals surface area (Å²) < 4.78 is 28.1. The zero-order valence-corrected chi connectivity index (χ0v) is 17.9. The SMILES string of the molecule is CCc1ccc(S(=O)(=O)N2CCC[C@@]2(CCCc2ccccc2)C(=O)S)cc1. The monoisotopic (exact) mass is 417 g/mol. The second-order valence-electron chi connectivity index (χ2n) is 7.35. The van der Waals surface area contributed by atoms with Crippen molar-refractivity contribution in [3.63, 3.8) is 0 Å². The van der Waals surface area contributed by atoms with Gasteiger partial charge in [0.05, 0.1) is 4.90 Å². The van der Waals surface area contributed by atoms with Crippen LogP contribution in [0.2, 0.25) is 0 Å². The van der Waals surface area contributed by atoms with E-state index in [1.54, 1.807) is 12.1 Å². The van der Waals surface area contributed by atoms with Crippen LogP contribution in [0.25, 0.3) is 0 Å². The number of carbonyl (C=O) groups excluding carboxylic acids is 1. The standard InChI is InChI=1S/C22H27NO3S2/c1-2-18-11-13-20(14-12-18)28(25,26)23-17-7-16-22(23,21(24)27)15-6-10-19-8-4-3-5-9-19/h3-5,8-9,11-14H,2,6-7,10,15-17H2,1H3,(H,24,27)/t22-/m0/s1. The largest absolute Gasteiger partial charge is 0.285 e. The second kappa shape index (κ2) is 8.80. The Morgan fingerprint density at radius 3 is 2.36 bits per heavy atom. The minimum absolute atomic E-state index is 0.244. The van der Waals surface area contributed by atoms with Crippen molar-refractivity contribution >= 4 is 27.8 Å². The number of nitrogens with zero attached hydrogens (tertiary/aromatic N) is 1. The lowest BCUT2D eigenvalue weighted by Gasteiger charge is -2.35. The Morgan fingerprint density at radius 2 is 1.75 bits per heavy atom. The molecule has 1 fully saturated rings. The number of aryl methyl sites for hydroxylation is 2. The van der Waals surface area contributed by atoms with Crippen molar-refractivity contribution in [3.05, 3.63) is 65.7 Å². The zero-order valence-electron chi connectivity index (χ0n) is 16.2. The Morgan fingerprint density at radius 1 is 1.07 bits per heavy atom. The topological polar surface area (TPSA) is 54.5 Å². The highest BCUT2D eigenvalue weighted by atomic mass is 32.2. The van der Waals surface area contributed by atoms with Crippen LogP contribution < -0.4 is 0 Å². The van der Waals surface area contributed by atoms with Gasteiger partial charge in [0.2, 0.25) is 15.1 Å². The molecule has 1 aliphatic rings. The van der Waals surface area contributed by atoms with Gasteiger partial charge in [-0.3, -0.25) is 4.79 Å². The molecule has 0 saturated carbocycles. The first-order valence-corrected chi connectivity index (χ1v) is 11.7. The molecular formula is C22H27NO3S2. The molecule has 0 bridgehead atoms. The molecule has 2 aromatic carbocycles. The molecule has 6 heteroatoms. The van der Waals surface area contributed by atoms with E-state index in [9.17, 15) is 13.2 Å². The Kier molecular flexibility index (Phi) is 6.63. The third-order valence-corrected chi connectivity index (χ3v) is 8.04. The summed E-state index contributed by atoms with van der Waals surface area (Å²) in [6, 6.07) is 17.0. The zero-order chi connectivity index (χ0) is 20.2. The molecule has 150 valence electrons. The molecule has 1 saturated heterocycles. The number of carbonyl (C=O) groups is 1. The Bertz CT molecular complexity index is 911. The molecule has 0 spiro atoms. The lowest BCUT2D eigenvalue weighted by atomic mass is 9.91. The smallest absolute Gasteiger partial charge is 0.244 e. The maximum Gasteiger partial charge on any atom is 0.244 e. The highest BCUT2D eigenvalue weighted by molar-refractivity contribution is 7.97. The molecular weight excluding hydrogens is 390 g/mol. The van der Waals surface area contributed by atoms with Crippen LogP contribution in [0, 0.1) is 0 Å². The number of hydrogen-bond acceptors (Lipinski definition) is 3. The Hall–Kier alpha value is -1.63. The summed E-state index contributed by atoms with van der Waals surface area (Å²) in [7, 11) is -3.75. The first kappa shape index (κ1) is 21.1. The van der Waals surface area contributed by atoms with Crippen molar-refractivity contribution < 1.29 is 13.2 Å². The van der Waals surface area contributed by atoms with E-state index in [0.29, 0.717) is 25.8 Å². The summed E-state index contributed by atoms with van der Waals surface area (Å²) in [4.78, 5) is 12.8. The van der Waals surface area contributed by atoms with E-state index < -0.39 is 15.6 Å². The Labute approximate surface area is 173 Å². The van der Waals surface area contributed by atoms with E-state index in [0.717, 1.165) is 24.8 Å². The van der Waals surface area contributed by atoms with Crippen LogP contribution in [-0.4, -0.2) is 29.9 Å². The molecule has 0 radical (unpaired) electrons. The van der Waals surface area contributed by atoms with Gasteiger partial charge in [-0.1, -0.05) is 49.4 Å². The molecule has 0 amide bonds. The molecule has 1 heterocycles. The van der Waals surface area contributed by atoms with Crippen LogP contribution in [0.3, 0.4) is 0 Å². The number of hydrogen-bond donors (Lipinski definition) is 1. The van der Waals surface area contributed by atoms with Gasteiger partial charge in [-0.15, -0.1) is 12.6 Å². The van der Waals surface area contributed by atoms with Crippen LogP contribution in [-0.2, 0) is 27.7 Å². The van der Waals surface area contributed by atoms with E-state index in [2.05, 4.69) is 12.6 Å². The van der Waals surface area contributed by atoms with Gasteiger partial charge in [0.25, 0.3) is 0 Å². The van der Waals surface area contributed by atoms with Gasteiger partial charge in [0.15, 0.2) is 0 Å². The lowest BCUT2D eigenvalue weighted by Crippen LogP contribution is -2.51. The molecule has 0 aromatic heterocycles. The molecule has 3 rings (SSSR count). The van der Waals surface area contributed by atoms with Crippen molar-refractivity contribution in [1.29, 1.82) is 0 Å². The van der Waals surface area contributed by atoms with Gasteiger partial charge in [0.1, 0.15) is 5.54 Å². The van der Waals surface area contributed by atoms with Crippen molar-refractivity contribution in [2.24, 2.45) is 0 Å². The first-order chi connectivity index (χ1) is 13.4. The van der Waals surface area contributed by atoms with Crippen LogP contribution >= 0.6 is 12.6 Å². The van der Waals surface area contributed by atoms with Crippen molar-refractivity contribution in [2.75, 3.05) is 6.54 Å². The van der Waals surface area contributed by atoms with E-state index in [1.807, 2.05) is 49.4 Å². The number of thiol groups is 1. The van der Waals surface area contributed by atoms with Gasteiger partial charge in [-0.05, 0) is 61.8 Å². The highest BCUT2D eigenvalue weighted by Crippen LogP contribution is 2.40. The van der Waals surface area contributed by atoms with Crippen molar-refractivity contribution in [3.8, 4) is 0 Å². The maximum absolute atomic E-state index is 13.3. The normalized spacial score (nSPS) is 20.4. The molecule has 0 unspecified atom stereocenters. The number of rotatable bonds is 8. The third-order valence-electron chi connectivity index (χ3n) is 5.65. The van der Waals surface area contributed by atoms with Gasteiger partial charge in [0, 0.05) is 6.54 Å². The van der Waals surface area contributed by atoms with Crippen LogP contribution in [0.4, 0.5) is 0 Å². The minimum atomic E-state index is -3.75. The molecule has 1 aliphatic heterocycles. The predicted molar refractivity (Wildman–Crippen MR) is 115 cm³/mol. The first-order valence-electron chi connectivity index (χ1n) is 9.79. The molecule has 28 heavy (non-hydrogen) atoms. The fraction of sp³-hybridized carbons (Fsp3) is 0.409. The van der Waals surface area contributed by atoms with E-state index in [1.165, 1.54) is 9.87 Å². The summed E-state index contributed by atoms with van der Waals surface area (Å²) in [5, 5.41) is -0.355.